The van der Waals surface area contributed by atoms with Gasteiger partial charge in [0.1, 0.15) is 11.5 Å². The van der Waals surface area contributed by atoms with Gasteiger partial charge in [0.05, 0.1) is 55.9 Å². The standard InChI is InChI=1S/C41H48O12/c1-24(26-14-36(42-3)40(46-7)37(15-26)43-4)28-18-32-34(52-22-50-32)20-30(28)48-12-10-9-11-13-49-31-21-35-33(51-23-53-35)19-29(31)25(2)27-16-38(44-5)41(47-8)39(17-27)45-6/h14-21,24-25H,9-13,22-23H2,1-8H3/t24-,25-/m0/s1. The average molecular weight is 733 g/mol. The first kappa shape index (κ1) is 37.2. The molecule has 0 aliphatic carbocycles. The third kappa shape index (κ3) is 7.81. The number of benzene rings is 4. The van der Waals surface area contributed by atoms with Crippen LogP contribution in [0.3, 0.4) is 0 Å². The topological polar surface area (TPSA) is 111 Å². The zero-order valence-corrected chi connectivity index (χ0v) is 31.6. The van der Waals surface area contributed by atoms with E-state index in [-0.39, 0.29) is 25.4 Å². The lowest BCUT2D eigenvalue weighted by atomic mass is 9.91. The van der Waals surface area contributed by atoms with Crippen molar-refractivity contribution in [2.24, 2.45) is 0 Å². The Labute approximate surface area is 310 Å². The second-order valence-corrected chi connectivity index (χ2v) is 12.6. The second-order valence-electron chi connectivity index (χ2n) is 12.6. The highest BCUT2D eigenvalue weighted by atomic mass is 16.7. The largest absolute Gasteiger partial charge is 0.493 e. The van der Waals surface area contributed by atoms with E-state index < -0.39 is 0 Å². The highest BCUT2D eigenvalue weighted by Crippen LogP contribution is 2.48. The number of rotatable bonds is 18. The van der Waals surface area contributed by atoms with Gasteiger partial charge in [-0.05, 0) is 66.8 Å². The van der Waals surface area contributed by atoms with Gasteiger partial charge in [0.25, 0.3) is 0 Å². The second kappa shape index (κ2) is 16.9. The summed E-state index contributed by atoms with van der Waals surface area (Å²) in [4.78, 5) is 0. The molecule has 12 nitrogen and oxygen atoms in total. The van der Waals surface area contributed by atoms with Gasteiger partial charge in [0, 0.05) is 35.1 Å². The van der Waals surface area contributed by atoms with E-state index in [1.807, 2.05) is 48.5 Å². The molecule has 4 aromatic rings. The highest BCUT2D eigenvalue weighted by Gasteiger charge is 2.26. The first-order valence-corrected chi connectivity index (χ1v) is 17.6. The molecule has 0 spiro atoms. The third-order valence-electron chi connectivity index (χ3n) is 9.62. The number of fused-ring (bicyclic) bond motifs is 2. The summed E-state index contributed by atoms with van der Waals surface area (Å²) >= 11 is 0. The number of hydrogen-bond donors (Lipinski definition) is 0. The molecule has 2 aliphatic heterocycles. The van der Waals surface area contributed by atoms with Crippen LogP contribution in [0.1, 0.15) is 67.2 Å². The molecular formula is C41H48O12. The summed E-state index contributed by atoms with van der Waals surface area (Å²) in [6, 6.07) is 15.6. The fourth-order valence-electron chi connectivity index (χ4n) is 6.61. The molecule has 0 radical (unpaired) electrons. The Morgan fingerprint density at radius 3 is 1.09 bits per heavy atom. The molecular weight excluding hydrogens is 684 g/mol. The zero-order valence-electron chi connectivity index (χ0n) is 31.6. The summed E-state index contributed by atoms with van der Waals surface area (Å²) in [5.41, 5.74) is 3.87. The van der Waals surface area contributed by atoms with Crippen LogP contribution in [0.15, 0.2) is 48.5 Å². The van der Waals surface area contributed by atoms with Crippen LogP contribution in [0.25, 0.3) is 0 Å². The summed E-state index contributed by atoms with van der Waals surface area (Å²) < 4.78 is 69.2. The molecule has 0 unspecified atom stereocenters. The maximum Gasteiger partial charge on any atom is 0.231 e. The first-order valence-electron chi connectivity index (χ1n) is 17.6. The van der Waals surface area contributed by atoms with E-state index in [9.17, 15) is 0 Å². The predicted molar refractivity (Wildman–Crippen MR) is 197 cm³/mol. The number of hydrogen-bond acceptors (Lipinski definition) is 12. The molecule has 12 heteroatoms. The number of unbranched alkanes of at least 4 members (excludes halogenated alkanes) is 2. The summed E-state index contributed by atoms with van der Waals surface area (Å²) in [5.74, 6) is 7.42. The van der Waals surface area contributed by atoms with Crippen LogP contribution in [0.2, 0.25) is 0 Å². The molecule has 0 saturated carbocycles. The van der Waals surface area contributed by atoms with E-state index in [1.165, 1.54) is 0 Å². The van der Waals surface area contributed by atoms with Crippen LogP contribution in [0.5, 0.6) is 69.0 Å². The van der Waals surface area contributed by atoms with E-state index in [1.54, 1.807) is 42.7 Å². The number of ether oxygens (including phenoxy) is 12. The van der Waals surface area contributed by atoms with Crippen molar-refractivity contribution in [1.29, 1.82) is 0 Å². The van der Waals surface area contributed by atoms with Gasteiger partial charge in [-0.1, -0.05) is 13.8 Å². The van der Waals surface area contributed by atoms with Crippen LogP contribution in [0, 0.1) is 0 Å². The van der Waals surface area contributed by atoms with Crippen LogP contribution < -0.4 is 56.8 Å². The minimum absolute atomic E-state index is 0.0833. The molecule has 2 heterocycles. The Kier molecular flexibility index (Phi) is 11.9. The first-order chi connectivity index (χ1) is 25.8. The van der Waals surface area contributed by atoms with Crippen molar-refractivity contribution in [3.8, 4) is 69.0 Å². The quantitative estimate of drug-likeness (QED) is 0.0922. The Morgan fingerprint density at radius 2 is 0.774 bits per heavy atom. The fraction of sp³-hybridized carbons (Fsp3) is 0.415. The van der Waals surface area contributed by atoms with Crippen molar-refractivity contribution in [2.75, 3.05) is 69.5 Å². The predicted octanol–water partition coefficient (Wildman–Crippen LogP) is 8.13. The molecule has 6 rings (SSSR count). The van der Waals surface area contributed by atoms with E-state index >= 15 is 0 Å². The molecule has 284 valence electrons. The van der Waals surface area contributed by atoms with Gasteiger partial charge in [-0.15, -0.1) is 0 Å². The van der Waals surface area contributed by atoms with Gasteiger partial charge in [0.15, 0.2) is 46.0 Å². The molecule has 0 aromatic heterocycles. The number of methoxy groups -OCH3 is 6. The lowest BCUT2D eigenvalue weighted by Gasteiger charge is -2.21. The average Bonchev–Trinajstić information content (AvgIpc) is 3.86. The Bertz CT molecular complexity index is 1700. The zero-order chi connectivity index (χ0) is 37.5. The lowest BCUT2D eigenvalue weighted by molar-refractivity contribution is 0.173. The van der Waals surface area contributed by atoms with Gasteiger partial charge >= 0.3 is 0 Å². The monoisotopic (exact) mass is 732 g/mol. The third-order valence-corrected chi connectivity index (χ3v) is 9.62. The van der Waals surface area contributed by atoms with Crippen molar-refractivity contribution in [3.05, 3.63) is 70.8 Å². The molecule has 2 aliphatic rings. The van der Waals surface area contributed by atoms with E-state index in [4.69, 9.17) is 56.8 Å². The van der Waals surface area contributed by atoms with Crippen molar-refractivity contribution in [1.82, 2.24) is 0 Å². The maximum absolute atomic E-state index is 6.41. The Morgan fingerprint density at radius 1 is 0.434 bits per heavy atom. The van der Waals surface area contributed by atoms with E-state index in [0.717, 1.165) is 53.0 Å². The van der Waals surface area contributed by atoms with Crippen LogP contribution in [-0.4, -0.2) is 69.5 Å². The van der Waals surface area contributed by atoms with Crippen molar-refractivity contribution in [3.63, 3.8) is 0 Å². The molecule has 0 bridgehead atoms. The minimum atomic E-state index is -0.0833. The van der Waals surface area contributed by atoms with Crippen LogP contribution >= 0.6 is 0 Å². The smallest absolute Gasteiger partial charge is 0.231 e. The van der Waals surface area contributed by atoms with Gasteiger partial charge < -0.3 is 56.8 Å². The maximum atomic E-state index is 6.41. The summed E-state index contributed by atoms with van der Waals surface area (Å²) in [6.45, 7) is 5.58. The Balaban J connectivity index is 1.11. The fourth-order valence-corrected chi connectivity index (χ4v) is 6.61. The molecule has 4 aromatic carbocycles. The minimum Gasteiger partial charge on any atom is -0.493 e. The van der Waals surface area contributed by atoms with Crippen LogP contribution in [0.4, 0.5) is 0 Å². The molecule has 0 saturated heterocycles. The SMILES string of the molecule is COc1cc([C@H](C)c2cc3c(cc2OCCCCCOc2cc4c(cc2[C@@H](C)c2cc(OC)c(OC)c(OC)c2)OCO4)OCO3)cc(OC)c1OC. The molecule has 0 fully saturated rings. The van der Waals surface area contributed by atoms with E-state index in [0.29, 0.717) is 70.7 Å². The summed E-state index contributed by atoms with van der Waals surface area (Å²) in [7, 11) is 9.62. The molecule has 0 amide bonds. The van der Waals surface area contributed by atoms with Gasteiger partial charge in [-0.2, -0.15) is 0 Å². The van der Waals surface area contributed by atoms with Crippen LogP contribution in [-0.2, 0) is 0 Å². The normalized spacial score (nSPS) is 13.6. The summed E-state index contributed by atoms with van der Waals surface area (Å²) in [5, 5.41) is 0. The molecule has 0 N–H and O–H groups in total. The van der Waals surface area contributed by atoms with E-state index in [2.05, 4.69) is 13.8 Å². The van der Waals surface area contributed by atoms with Crippen molar-refractivity contribution < 1.29 is 56.8 Å². The van der Waals surface area contributed by atoms with Crippen molar-refractivity contribution >= 4 is 0 Å². The molecule has 2 atom stereocenters. The Hall–Kier alpha value is -5.52. The highest BCUT2D eigenvalue weighted by molar-refractivity contribution is 5.60. The van der Waals surface area contributed by atoms with Gasteiger partial charge in [-0.3, -0.25) is 0 Å². The molecule has 53 heavy (non-hydrogen) atoms. The van der Waals surface area contributed by atoms with Gasteiger partial charge in [-0.25, -0.2) is 0 Å². The van der Waals surface area contributed by atoms with Gasteiger partial charge in [0.2, 0.25) is 25.1 Å². The lowest BCUT2D eigenvalue weighted by Crippen LogP contribution is -2.07. The van der Waals surface area contributed by atoms with Crippen molar-refractivity contribution in [2.45, 2.75) is 44.9 Å². The summed E-state index contributed by atoms with van der Waals surface area (Å²) in [6.07, 6.45) is 2.54.